The molecule has 1 saturated heterocycles. The Kier molecular flexibility index (Phi) is 5.19. The van der Waals surface area contributed by atoms with Crippen LogP contribution in [-0.2, 0) is 12.8 Å². The molecule has 2 aromatic heterocycles. The van der Waals surface area contributed by atoms with Gasteiger partial charge < -0.3 is 14.4 Å². The summed E-state index contributed by atoms with van der Waals surface area (Å²) in [5, 5.41) is 4.12. The molecule has 1 aliphatic heterocycles. The van der Waals surface area contributed by atoms with Gasteiger partial charge in [-0.05, 0) is 49.1 Å². The molecule has 1 aliphatic carbocycles. The number of likely N-dealkylation sites (tertiary alicyclic amines) is 1. The summed E-state index contributed by atoms with van der Waals surface area (Å²) in [5.41, 5.74) is 3.16. The van der Waals surface area contributed by atoms with E-state index in [1.54, 1.807) is 4.90 Å². The largest absolute Gasteiger partial charge is 0.339 e. The van der Waals surface area contributed by atoms with Gasteiger partial charge >= 0.3 is 0 Å². The van der Waals surface area contributed by atoms with Crippen LogP contribution in [0.4, 0.5) is 0 Å². The van der Waals surface area contributed by atoms with Gasteiger partial charge in [0.1, 0.15) is 5.56 Å². The summed E-state index contributed by atoms with van der Waals surface area (Å²) < 4.78 is 5.52. The standard InChI is InChI=1S/C25H28N4O3/c1-25(2)11-8-20-18(15-25)14-19(22(30)26-20)24(31)29-12-9-17(10-13-29)23-27-21(28-32-23)16-6-4-3-5-7-16/h3-7,14,17H,8-13,15H2,1-2H3,(H,26,30). The van der Waals surface area contributed by atoms with E-state index in [-0.39, 0.29) is 28.4 Å². The fourth-order valence-electron chi connectivity index (χ4n) is 4.82. The Morgan fingerprint density at radius 2 is 1.94 bits per heavy atom. The third-order valence-corrected chi connectivity index (χ3v) is 6.77. The summed E-state index contributed by atoms with van der Waals surface area (Å²) in [5.74, 6) is 1.13. The maximum absolute atomic E-state index is 13.2. The van der Waals surface area contributed by atoms with E-state index < -0.39 is 0 Å². The Morgan fingerprint density at radius 1 is 1.19 bits per heavy atom. The van der Waals surface area contributed by atoms with Crippen LogP contribution in [0.15, 0.2) is 45.7 Å². The van der Waals surface area contributed by atoms with Crippen molar-refractivity contribution in [3.05, 3.63) is 69.5 Å². The number of aromatic amines is 1. The summed E-state index contributed by atoms with van der Waals surface area (Å²) in [7, 11) is 0. The fraction of sp³-hybridized carbons (Fsp3) is 0.440. The minimum Gasteiger partial charge on any atom is -0.339 e. The lowest BCUT2D eigenvalue weighted by Gasteiger charge is -2.32. The van der Waals surface area contributed by atoms with Crippen LogP contribution in [0.2, 0.25) is 0 Å². The number of fused-ring (bicyclic) bond motifs is 1. The zero-order chi connectivity index (χ0) is 22.3. The Labute approximate surface area is 186 Å². The maximum atomic E-state index is 13.2. The average molecular weight is 433 g/mol. The average Bonchev–Trinajstić information content (AvgIpc) is 3.29. The molecule has 166 valence electrons. The fourth-order valence-corrected chi connectivity index (χ4v) is 4.82. The smallest absolute Gasteiger partial charge is 0.261 e. The number of aryl methyl sites for hydroxylation is 1. The van der Waals surface area contributed by atoms with Crippen LogP contribution in [0.5, 0.6) is 0 Å². The van der Waals surface area contributed by atoms with E-state index in [1.807, 2.05) is 36.4 Å². The number of nitrogens with zero attached hydrogens (tertiary/aromatic N) is 3. The molecule has 0 radical (unpaired) electrons. The maximum Gasteiger partial charge on any atom is 0.261 e. The summed E-state index contributed by atoms with van der Waals surface area (Å²) in [4.78, 5) is 35.1. The molecule has 0 atom stereocenters. The van der Waals surface area contributed by atoms with E-state index >= 15 is 0 Å². The van der Waals surface area contributed by atoms with Gasteiger partial charge in [-0.25, -0.2) is 0 Å². The van der Waals surface area contributed by atoms with Gasteiger partial charge in [-0.15, -0.1) is 0 Å². The highest BCUT2D eigenvalue weighted by Gasteiger charge is 2.31. The molecule has 0 bridgehead atoms. The van der Waals surface area contributed by atoms with Crippen molar-refractivity contribution in [3.63, 3.8) is 0 Å². The third-order valence-electron chi connectivity index (χ3n) is 6.77. The number of benzene rings is 1. The van der Waals surface area contributed by atoms with Gasteiger partial charge in [-0.3, -0.25) is 9.59 Å². The van der Waals surface area contributed by atoms with Gasteiger partial charge in [0.05, 0.1) is 0 Å². The number of amides is 1. The van der Waals surface area contributed by atoms with Crippen LogP contribution in [0.3, 0.4) is 0 Å². The van der Waals surface area contributed by atoms with Gasteiger partial charge in [0.15, 0.2) is 0 Å². The minimum absolute atomic E-state index is 0.117. The van der Waals surface area contributed by atoms with Gasteiger partial charge in [0.2, 0.25) is 11.7 Å². The van der Waals surface area contributed by atoms with Gasteiger partial charge in [-0.1, -0.05) is 49.3 Å². The van der Waals surface area contributed by atoms with E-state index in [9.17, 15) is 9.59 Å². The van der Waals surface area contributed by atoms with Crippen LogP contribution in [0.25, 0.3) is 11.4 Å². The van der Waals surface area contributed by atoms with E-state index in [1.165, 1.54) is 0 Å². The lowest BCUT2D eigenvalue weighted by atomic mass is 9.76. The number of rotatable bonds is 3. The number of piperidine rings is 1. The topological polar surface area (TPSA) is 92.1 Å². The quantitative estimate of drug-likeness (QED) is 0.676. The molecule has 3 heterocycles. The molecule has 0 unspecified atom stereocenters. The van der Waals surface area contributed by atoms with Crippen molar-refractivity contribution in [3.8, 4) is 11.4 Å². The van der Waals surface area contributed by atoms with Crippen molar-refractivity contribution in [1.82, 2.24) is 20.0 Å². The molecule has 0 spiro atoms. The summed E-state index contributed by atoms with van der Waals surface area (Å²) in [6.07, 6.45) is 4.24. The normalized spacial score (nSPS) is 18.4. The summed E-state index contributed by atoms with van der Waals surface area (Å²) in [6.45, 7) is 5.59. The van der Waals surface area contributed by atoms with E-state index in [2.05, 4.69) is 29.0 Å². The van der Waals surface area contributed by atoms with Gasteiger partial charge in [-0.2, -0.15) is 4.98 Å². The predicted molar refractivity (Wildman–Crippen MR) is 120 cm³/mol. The SMILES string of the molecule is CC1(C)CCc2[nH]c(=O)c(C(=O)N3CCC(c4nc(-c5ccccc5)no4)CC3)cc2C1. The Morgan fingerprint density at radius 3 is 2.69 bits per heavy atom. The number of nitrogens with one attached hydrogen (secondary N) is 1. The molecule has 0 saturated carbocycles. The number of carbonyl (C=O) groups is 1. The molecule has 32 heavy (non-hydrogen) atoms. The van der Waals surface area contributed by atoms with Gasteiger partial charge in [0, 0.05) is 30.3 Å². The van der Waals surface area contributed by atoms with Crippen molar-refractivity contribution in [1.29, 1.82) is 0 Å². The first-order chi connectivity index (χ1) is 15.4. The number of hydrogen-bond acceptors (Lipinski definition) is 5. The highest BCUT2D eigenvalue weighted by atomic mass is 16.5. The van der Waals surface area contributed by atoms with Crippen LogP contribution in [0, 0.1) is 5.41 Å². The zero-order valence-electron chi connectivity index (χ0n) is 18.6. The van der Waals surface area contributed by atoms with Crippen molar-refractivity contribution in [2.24, 2.45) is 5.41 Å². The minimum atomic E-state index is -0.278. The van der Waals surface area contributed by atoms with E-state index in [0.29, 0.717) is 24.8 Å². The molecule has 5 rings (SSSR count). The number of aromatic nitrogens is 3. The highest BCUT2D eigenvalue weighted by molar-refractivity contribution is 5.94. The molecular formula is C25H28N4O3. The molecule has 1 amide bonds. The molecule has 7 nitrogen and oxygen atoms in total. The molecule has 3 aromatic rings. The first-order valence-electron chi connectivity index (χ1n) is 11.3. The van der Waals surface area contributed by atoms with Crippen molar-refractivity contribution < 1.29 is 9.32 Å². The molecular weight excluding hydrogens is 404 g/mol. The highest BCUT2D eigenvalue weighted by Crippen LogP contribution is 2.34. The molecule has 2 aliphatic rings. The van der Waals surface area contributed by atoms with Crippen LogP contribution >= 0.6 is 0 Å². The molecule has 1 fully saturated rings. The first-order valence-corrected chi connectivity index (χ1v) is 11.3. The lowest BCUT2D eigenvalue weighted by molar-refractivity contribution is 0.0702. The Balaban J connectivity index is 1.27. The molecule has 7 heteroatoms. The van der Waals surface area contributed by atoms with Crippen LogP contribution < -0.4 is 5.56 Å². The van der Waals surface area contributed by atoms with Crippen molar-refractivity contribution in [2.75, 3.05) is 13.1 Å². The second-order valence-electron chi connectivity index (χ2n) is 9.75. The number of H-pyrrole nitrogens is 1. The number of hydrogen-bond donors (Lipinski definition) is 1. The Bertz CT molecular complexity index is 1190. The predicted octanol–water partition coefficient (Wildman–Crippen LogP) is 3.96. The van der Waals surface area contributed by atoms with Crippen LogP contribution in [-0.4, -0.2) is 39.0 Å². The monoisotopic (exact) mass is 432 g/mol. The zero-order valence-corrected chi connectivity index (χ0v) is 18.6. The van der Waals surface area contributed by atoms with Crippen molar-refractivity contribution >= 4 is 5.91 Å². The Hall–Kier alpha value is -3.22. The first kappa shape index (κ1) is 20.7. The van der Waals surface area contributed by atoms with Crippen LogP contribution in [0.1, 0.15) is 66.5 Å². The van der Waals surface area contributed by atoms with E-state index in [4.69, 9.17) is 4.52 Å². The van der Waals surface area contributed by atoms with E-state index in [0.717, 1.165) is 48.9 Å². The molecule has 1 N–H and O–H groups in total. The lowest BCUT2D eigenvalue weighted by Crippen LogP contribution is -2.40. The van der Waals surface area contributed by atoms with Gasteiger partial charge in [0.25, 0.3) is 11.5 Å². The van der Waals surface area contributed by atoms with Crippen molar-refractivity contribution in [2.45, 2.75) is 51.9 Å². The molecule has 1 aromatic carbocycles. The number of carbonyl (C=O) groups excluding carboxylic acids is 1. The summed E-state index contributed by atoms with van der Waals surface area (Å²) >= 11 is 0. The third kappa shape index (κ3) is 3.99. The summed E-state index contributed by atoms with van der Waals surface area (Å²) in [6, 6.07) is 11.6. The number of pyridine rings is 1. The second-order valence-corrected chi connectivity index (χ2v) is 9.75. The second kappa shape index (κ2) is 8.04.